The summed E-state index contributed by atoms with van der Waals surface area (Å²) in [5, 5.41) is 22.4. The van der Waals surface area contributed by atoms with Gasteiger partial charge in [-0.05, 0) is 0 Å². The summed E-state index contributed by atoms with van der Waals surface area (Å²) >= 11 is 4.00. The van der Waals surface area contributed by atoms with Crippen LogP contribution in [0.1, 0.15) is 12.5 Å². The van der Waals surface area contributed by atoms with Crippen LogP contribution in [0.2, 0.25) is 0 Å². The van der Waals surface area contributed by atoms with E-state index in [9.17, 15) is 33.8 Å². The van der Waals surface area contributed by atoms with Crippen molar-refractivity contribution in [2.45, 2.75) is 49.1 Å². The van der Waals surface area contributed by atoms with Crippen molar-refractivity contribution < 1.29 is 51.8 Å². The Morgan fingerprint density at radius 3 is 1.78 bits per heavy atom. The molecule has 248 valence electrons. The van der Waals surface area contributed by atoms with Crippen LogP contribution >= 0.6 is 26.9 Å². The van der Waals surface area contributed by atoms with Crippen molar-refractivity contribution in [3.8, 4) is 0 Å². The number of aromatic amines is 2. The Hall–Kier alpha value is -3.25. The maximum absolute atomic E-state index is 13.4. The Bertz CT molecular complexity index is 1910. The van der Waals surface area contributed by atoms with Gasteiger partial charge in [0.15, 0.2) is 34.8 Å². The molecule has 0 aliphatic carbocycles. The van der Waals surface area contributed by atoms with Gasteiger partial charge >= 0.3 is 14.6 Å². The number of nitrogens with one attached hydrogen (secondary N) is 2. The van der Waals surface area contributed by atoms with Crippen molar-refractivity contribution in [3.05, 3.63) is 33.4 Å². The first-order chi connectivity index (χ1) is 21.7. The molecule has 0 bridgehead atoms. The SMILES string of the molecule is Nc1nc2c(ncn2[C@@H]2O[C@@H]3CO[P@](=O)(S)O[C@H]4[C@@H](O)[C@H](n5cnc6c(=O)[nH]c(N)nc65)O[C@@H]4COP(=O)(O)O[C@H]3[C@H]2O)c(=O)[nH]1. The monoisotopic (exact) mass is 706 g/mol. The molecule has 26 heteroatoms. The molecule has 0 saturated carbocycles. The molecule has 1 unspecified atom stereocenters. The predicted octanol–water partition coefficient (Wildman–Crippen LogP) is -2.11. The van der Waals surface area contributed by atoms with E-state index in [0.717, 1.165) is 21.8 Å². The van der Waals surface area contributed by atoms with E-state index < -0.39 is 88.0 Å². The molecule has 9 N–H and O–H groups in total. The van der Waals surface area contributed by atoms with Gasteiger partial charge < -0.3 is 36.0 Å². The number of H-pyrrole nitrogens is 2. The third-order valence-corrected chi connectivity index (χ3v) is 9.98. The summed E-state index contributed by atoms with van der Waals surface area (Å²) < 4.78 is 61.9. The fraction of sp³-hybridized carbons (Fsp3) is 0.500. The lowest BCUT2D eigenvalue weighted by Crippen LogP contribution is -2.38. The molecule has 7 rings (SSSR count). The number of phosphoric acid groups is 1. The number of fused-ring (bicyclic) bond motifs is 4. The van der Waals surface area contributed by atoms with Gasteiger partial charge in [-0.15, -0.1) is 0 Å². The van der Waals surface area contributed by atoms with Gasteiger partial charge in [0, 0.05) is 0 Å². The van der Waals surface area contributed by atoms with Crippen molar-refractivity contribution in [1.82, 2.24) is 39.0 Å². The third kappa shape index (κ3) is 5.44. The van der Waals surface area contributed by atoms with Crippen LogP contribution in [0.25, 0.3) is 22.3 Å². The maximum atomic E-state index is 13.4. The van der Waals surface area contributed by atoms with E-state index in [1.165, 1.54) is 0 Å². The van der Waals surface area contributed by atoms with Crippen LogP contribution in [0.15, 0.2) is 22.2 Å². The van der Waals surface area contributed by atoms with Gasteiger partial charge in [-0.1, -0.05) is 12.2 Å². The van der Waals surface area contributed by atoms with Gasteiger partial charge in [0.1, 0.15) is 36.6 Å². The van der Waals surface area contributed by atoms with Gasteiger partial charge in [-0.3, -0.25) is 46.8 Å². The number of anilines is 2. The van der Waals surface area contributed by atoms with Crippen molar-refractivity contribution in [1.29, 1.82) is 0 Å². The second-order valence-electron chi connectivity index (χ2n) is 10.3. The minimum absolute atomic E-state index is 0.0771. The number of aliphatic hydroxyl groups is 2. The summed E-state index contributed by atoms with van der Waals surface area (Å²) in [6, 6.07) is 0. The lowest BCUT2D eigenvalue weighted by atomic mass is 10.1. The molecular weight excluding hydrogens is 682 g/mol. The molecule has 3 fully saturated rings. The highest BCUT2D eigenvalue weighted by Crippen LogP contribution is 2.58. The highest BCUT2D eigenvalue weighted by molar-refractivity contribution is 8.44. The number of thiol groups is 1. The average molecular weight is 706 g/mol. The van der Waals surface area contributed by atoms with Crippen molar-refractivity contribution in [3.63, 3.8) is 0 Å². The number of nitrogen functional groups attached to an aromatic ring is 2. The lowest BCUT2D eigenvalue weighted by molar-refractivity contribution is -0.0614. The minimum atomic E-state index is -5.06. The van der Waals surface area contributed by atoms with Crippen LogP contribution < -0.4 is 22.6 Å². The fourth-order valence-electron chi connectivity index (χ4n) is 5.39. The Labute approximate surface area is 259 Å². The molecule has 23 nitrogen and oxygen atoms in total. The van der Waals surface area contributed by atoms with E-state index >= 15 is 0 Å². The summed E-state index contributed by atoms with van der Waals surface area (Å²) in [7, 11) is -5.06. The quantitative estimate of drug-likeness (QED) is 0.0816. The van der Waals surface area contributed by atoms with Gasteiger partial charge in [-0.2, -0.15) is 9.97 Å². The Kier molecular flexibility index (Phi) is 7.62. The topological polar surface area (TPSA) is 329 Å². The van der Waals surface area contributed by atoms with Gasteiger partial charge in [0.25, 0.3) is 11.1 Å². The molecule has 0 radical (unpaired) electrons. The molecule has 3 saturated heterocycles. The normalized spacial score (nSPS) is 37.1. The molecule has 3 aliphatic rings. The number of nitrogens with two attached hydrogens (primary N) is 2. The zero-order valence-corrected chi connectivity index (χ0v) is 25.5. The van der Waals surface area contributed by atoms with E-state index in [1.807, 2.05) is 0 Å². The molecule has 10 atom stereocenters. The number of rotatable bonds is 2. The van der Waals surface area contributed by atoms with Gasteiger partial charge in [0.2, 0.25) is 11.9 Å². The molecule has 3 aliphatic heterocycles. The molecule has 4 aromatic rings. The zero-order valence-electron chi connectivity index (χ0n) is 22.8. The summed E-state index contributed by atoms with van der Waals surface area (Å²) in [5.41, 5.74) is 9.51. The predicted molar refractivity (Wildman–Crippen MR) is 153 cm³/mol. The molecule has 0 aromatic carbocycles. The first kappa shape index (κ1) is 31.4. The molecule has 4 aromatic heterocycles. The van der Waals surface area contributed by atoms with E-state index in [-0.39, 0.29) is 34.2 Å². The molecule has 7 heterocycles. The number of ether oxygens (including phenoxy) is 2. The lowest BCUT2D eigenvalue weighted by Gasteiger charge is -2.28. The highest BCUT2D eigenvalue weighted by atomic mass is 32.7. The van der Waals surface area contributed by atoms with E-state index in [4.69, 9.17) is 39.0 Å². The fourth-order valence-corrected chi connectivity index (χ4v) is 7.84. The number of nitrogens with zero attached hydrogens (tertiary/aromatic N) is 6. The molecule has 0 amide bonds. The standard InChI is InChI=1S/C20H24N10O13P2S/c21-19-25-13-7(15(33)27-19)23-3-29(13)17-9(31)11-6(41-17)2-39-45(37,46)43-12-5(1-38-44(35,36)42-11)40-18(10(12)32)30-4-24-8-14(30)26-20(22)28-16(8)34/h3-6,9-12,17-18,31-32H,1-2H2,(H,35,36)(H,37,46)(H3,21,25,27,33)(H3,22,26,28,34)/t5-,6-,9-,10-,11-,12-,17-,18-,45+/m1/s1. The second kappa shape index (κ2) is 11.2. The largest absolute Gasteiger partial charge is 0.472 e. The maximum Gasteiger partial charge on any atom is 0.472 e. The van der Waals surface area contributed by atoms with Gasteiger partial charge in [0.05, 0.1) is 25.9 Å². The summed E-state index contributed by atoms with van der Waals surface area (Å²) in [6.45, 7) is -5.89. The van der Waals surface area contributed by atoms with Crippen molar-refractivity contribution in [2.75, 3.05) is 24.7 Å². The number of hydrogen-bond donors (Lipinski definition) is 8. The van der Waals surface area contributed by atoms with Crippen LogP contribution in [-0.4, -0.2) is 104 Å². The van der Waals surface area contributed by atoms with E-state index in [2.05, 4.69) is 42.2 Å². The average Bonchev–Trinajstić information content (AvgIpc) is 3.72. The molecular formula is C20H24N10O13P2S. The number of imidazole rings is 2. The highest BCUT2D eigenvalue weighted by Gasteiger charge is 2.53. The first-order valence-electron chi connectivity index (χ1n) is 13.1. The van der Waals surface area contributed by atoms with Crippen LogP contribution in [-0.2, 0) is 36.7 Å². The summed E-state index contributed by atoms with van der Waals surface area (Å²) in [5.74, 6) is -0.511. The van der Waals surface area contributed by atoms with Crippen LogP contribution in [0.4, 0.5) is 11.9 Å². The van der Waals surface area contributed by atoms with Gasteiger partial charge in [-0.25, -0.2) is 19.1 Å². The Morgan fingerprint density at radius 2 is 1.28 bits per heavy atom. The Balaban J connectivity index is 1.18. The Morgan fingerprint density at radius 1 is 0.826 bits per heavy atom. The first-order valence-corrected chi connectivity index (χ1v) is 17.3. The van der Waals surface area contributed by atoms with Crippen LogP contribution in [0.3, 0.4) is 0 Å². The summed E-state index contributed by atoms with van der Waals surface area (Å²) in [6.07, 6.45) is -10.0. The zero-order chi connectivity index (χ0) is 32.7. The number of phosphoric ester groups is 1. The molecule has 46 heavy (non-hydrogen) atoms. The number of aromatic nitrogens is 8. The molecule has 0 spiro atoms. The smallest absolute Gasteiger partial charge is 0.386 e. The number of hydrogen-bond acceptors (Lipinski definition) is 18. The van der Waals surface area contributed by atoms with Crippen molar-refractivity contribution >= 4 is 61.1 Å². The summed E-state index contributed by atoms with van der Waals surface area (Å²) in [4.78, 5) is 55.6. The van der Waals surface area contributed by atoms with Crippen LogP contribution in [0.5, 0.6) is 0 Å². The second-order valence-corrected chi connectivity index (χ2v) is 14.6. The third-order valence-electron chi connectivity index (χ3n) is 7.38. The van der Waals surface area contributed by atoms with Crippen molar-refractivity contribution in [2.24, 2.45) is 0 Å². The van der Waals surface area contributed by atoms with Crippen LogP contribution in [0, 0.1) is 0 Å². The van der Waals surface area contributed by atoms with E-state index in [1.54, 1.807) is 0 Å². The minimum Gasteiger partial charge on any atom is -0.386 e. The van der Waals surface area contributed by atoms with E-state index in [0.29, 0.717) is 0 Å². The number of aliphatic hydroxyl groups excluding tert-OH is 2.